The van der Waals surface area contributed by atoms with Crippen molar-refractivity contribution < 1.29 is 4.74 Å². The molecule has 0 aliphatic heterocycles. The Morgan fingerprint density at radius 1 is 1.26 bits per heavy atom. The van der Waals surface area contributed by atoms with Crippen molar-refractivity contribution in [2.75, 3.05) is 0 Å². The van der Waals surface area contributed by atoms with Gasteiger partial charge in [-0.2, -0.15) is 0 Å². The lowest BCUT2D eigenvalue weighted by Crippen LogP contribution is -2.14. The summed E-state index contributed by atoms with van der Waals surface area (Å²) in [6, 6.07) is 9.22. The van der Waals surface area contributed by atoms with Crippen molar-refractivity contribution in [1.29, 1.82) is 0 Å². The highest BCUT2D eigenvalue weighted by Gasteiger charge is 2.17. The van der Waals surface area contributed by atoms with Gasteiger partial charge in [-0.3, -0.25) is 4.79 Å². The number of rotatable bonds is 4. The number of H-pyrrole nitrogens is 1. The van der Waals surface area contributed by atoms with E-state index < -0.39 is 0 Å². The van der Waals surface area contributed by atoms with E-state index in [1.165, 1.54) is 18.0 Å². The summed E-state index contributed by atoms with van der Waals surface area (Å²) in [5.74, 6) is 0.972. The average Bonchev–Trinajstić information content (AvgIpc) is 2.39. The van der Waals surface area contributed by atoms with E-state index in [9.17, 15) is 4.79 Å². The second-order valence-corrected chi connectivity index (χ2v) is 5.11. The van der Waals surface area contributed by atoms with Crippen molar-refractivity contribution in [2.24, 2.45) is 0 Å². The molecule has 4 heteroatoms. The third-order valence-electron chi connectivity index (χ3n) is 3.40. The van der Waals surface area contributed by atoms with Crippen molar-refractivity contribution in [3.63, 3.8) is 0 Å². The quantitative estimate of drug-likeness (QED) is 0.915. The van der Waals surface area contributed by atoms with Crippen LogP contribution in [0, 0.1) is 0 Å². The van der Waals surface area contributed by atoms with Crippen LogP contribution >= 0.6 is 0 Å². The minimum absolute atomic E-state index is 0.153. The predicted octanol–water partition coefficient (Wildman–Crippen LogP) is 3.25. The normalized spacial score (nSPS) is 11.3. The number of benzene rings is 1. The molecule has 0 aliphatic rings. The first kappa shape index (κ1) is 13.3. The molecule has 0 saturated carbocycles. The molecular formula is C15H18N2O2. The first-order chi connectivity index (χ1) is 9.01. The molecule has 4 nitrogen and oxygen atoms in total. The number of aromatic amines is 1. The minimum atomic E-state index is -0.228. The Morgan fingerprint density at radius 2 is 1.95 bits per heavy atom. The van der Waals surface area contributed by atoms with Gasteiger partial charge >= 0.3 is 0 Å². The average molecular weight is 258 g/mol. The van der Waals surface area contributed by atoms with Gasteiger partial charge in [0, 0.05) is 0 Å². The first-order valence-electron chi connectivity index (χ1n) is 6.34. The fourth-order valence-corrected chi connectivity index (χ4v) is 1.71. The maximum atomic E-state index is 11.1. The molecule has 1 aromatic carbocycles. The highest BCUT2D eigenvalue weighted by molar-refractivity contribution is 5.33. The molecule has 1 N–H and O–H groups in total. The molecule has 0 atom stereocenters. The highest BCUT2D eigenvalue weighted by Crippen LogP contribution is 2.28. The van der Waals surface area contributed by atoms with E-state index in [0.717, 1.165) is 6.42 Å². The van der Waals surface area contributed by atoms with Crippen LogP contribution in [-0.2, 0) is 5.41 Å². The van der Waals surface area contributed by atoms with E-state index in [1.54, 1.807) is 0 Å². The van der Waals surface area contributed by atoms with Crippen LogP contribution in [0.25, 0.3) is 0 Å². The maximum Gasteiger partial charge on any atom is 0.254 e. The molecule has 0 saturated heterocycles. The van der Waals surface area contributed by atoms with Crippen molar-refractivity contribution in [2.45, 2.75) is 32.6 Å². The molecular weight excluding hydrogens is 240 g/mol. The van der Waals surface area contributed by atoms with E-state index in [1.807, 2.05) is 24.3 Å². The summed E-state index contributed by atoms with van der Waals surface area (Å²) >= 11 is 0. The van der Waals surface area contributed by atoms with E-state index in [4.69, 9.17) is 4.74 Å². The molecule has 0 fully saturated rings. The summed E-state index contributed by atoms with van der Waals surface area (Å²) in [6.07, 6.45) is 2.40. The standard InChI is InChI=1S/C15H18N2O2/c1-4-15(2,3)11-5-7-12(8-6-11)19-14-9-13(18)16-10-17-14/h5-10H,4H2,1-3H3,(H,16,17,18). The Morgan fingerprint density at radius 3 is 2.53 bits per heavy atom. The zero-order chi connectivity index (χ0) is 13.9. The minimum Gasteiger partial charge on any atom is -0.439 e. The third-order valence-corrected chi connectivity index (χ3v) is 3.40. The molecule has 0 radical (unpaired) electrons. The molecule has 0 aliphatic carbocycles. The molecule has 100 valence electrons. The van der Waals surface area contributed by atoms with Crippen LogP contribution in [0.4, 0.5) is 0 Å². The zero-order valence-electron chi connectivity index (χ0n) is 11.4. The summed E-state index contributed by atoms with van der Waals surface area (Å²) in [5.41, 5.74) is 1.19. The highest BCUT2D eigenvalue weighted by atomic mass is 16.5. The molecule has 0 amide bonds. The third kappa shape index (κ3) is 3.22. The Kier molecular flexibility index (Phi) is 3.69. The molecule has 2 rings (SSSR count). The fourth-order valence-electron chi connectivity index (χ4n) is 1.71. The summed E-state index contributed by atoms with van der Waals surface area (Å²) in [4.78, 5) is 17.5. The number of aromatic nitrogens is 2. The number of hydrogen-bond donors (Lipinski definition) is 1. The van der Waals surface area contributed by atoms with Crippen LogP contribution in [0.2, 0.25) is 0 Å². The van der Waals surface area contributed by atoms with E-state index in [2.05, 4.69) is 30.7 Å². The molecule has 2 aromatic rings. The van der Waals surface area contributed by atoms with Gasteiger partial charge in [0.15, 0.2) is 0 Å². The second kappa shape index (κ2) is 5.26. The lowest BCUT2D eigenvalue weighted by molar-refractivity contribution is 0.458. The zero-order valence-corrected chi connectivity index (χ0v) is 11.4. The van der Waals surface area contributed by atoms with Gasteiger partial charge < -0.3 is 9.72 Å². The van der Waals surface area contributed by atoms with Crippen LogP contribution in [0.5, 0.6) is 11.6 Å². The SMILES string of the molecule is CCC(C)(C)c1ccc(Oc2cc(=O)[nH]cn2)cc1. The monoisotopic (exact) mass is 258 g/mol. The largest absolute Gasteiger partial charge is 0.439 e. The molecule has 19 heavy (non-hydrogen) atoms. The number of nitrogens with zero attached hydrogens (tertiary/aromatic N) is 1. The van der Waals surface area contributed by atoms with Crippen LogP contribution in [0.1, 0.15) is 32.8 Å². The van der Waals surface area contributed by atoms with Gasteiger partial charge in [0.1, 0.15) is 5.75 Å². The summed E-state index contributed by atoms with van der Waals surface area (Å²) in [5, 5.41) is 0. The van der Waals surface area contributed by atoms with Gasteiger partial charge in [-0.05, 0) is 29.5 Å². The van der Waals surface area contributed by atoms with Gasteiger partial charge in [0.05, 0.1) is 12.4 Å². The Hall–Kier alpha value is -2.10. The van der Waals surface area contributed by atoms with Crippen LogP contribution < -0.4 is 10.3 Å². The molecule has 0 unspecified atom stereocenters. The van der Waals surface area contributed by atoms with Gasteiger partial charge in [-0.15, -0.1) is 0 Å². The topological polar surface area (TPSA) is 55.0 Å². The Labute approximate surface area is 112 Å². The van der Waals surface area contributed by atoms with Gasteiger partial charge in [0.25, 0.3) is 5.56 Å². The van der Waals surface area contributed by atoms with Crippen molar-refractivity contribution in [3.05, 3.63) is 52.6 Å². The first-order valence-corrected chi connectivity index (χ1v) is 6.34. The van der Waals surface area contributed by atoms with Gasteiger partial charge in [-0.1, -0.05) is 32.9 Å². The summed E-state index contributed by atoms with van der Waals surface area (Å²) in [7, 11) is 0. The number of ether oxygens (including phenoxy) is 1. The Bertz CT molecular complexity index is 600. The van der Waals surface area contributed by atoms with E-state index in [0.29, 0.717) is 11.6 Å². The van der Waals surface area contributed by atoms with Crippen LogP contribution in [-0.4, -0.2) is 9.97 Å². The molecule has 0 bridgehead atoms. The van der Waals surface area contributed by atoms with Crippen molar-refractivity contribution in [3.8, 4) is 11.6 Å². The van der Waals surface area contributed by atoms with Crippen molar-refractivity contribution in [1.82, 2.24) is 9.97 Å². The molecule has 1 heterocycles. The van der Waals surface area contributed by atoms with Crippen molar-refractivity contribution >= 4 is 0 Å². The summed E-state index contributed by atoms with van der Waals surface area (Å²) in [6.45, 7) is 6.59. The molecule has 1 aromatic heterocycles. The predicted molar refractivity (Wildman–Crippen MR) is 74.7 cm³/mol. The fraction of sp³-hybridized carbons (Fsp3) is 0.333. The number of hydrogen-bond acceptors (Lipinski definition) is 3. The van der Waals surface area contributed by atoms with E-state index >= 15 is 0 Å². The maximum absolute atomic E-state index is 11.1. The second-order valence-electron chi connectivity index (χ2n) is 5.11. The van der Waals surface area contributed by atoms with Crippen LogP contribution in [0.3, 0.4) is 0 Å². The van der Waals surface area contributed by atoms with E-state index in [-0.39, 0.29) is 11.0 Å². The Balaban J connectivity index is 2.17. The van der Waals surface area contributed by atoms with Crippen LogP contribution in [0.15, 0.2) is 41.5 Å². The lowest BCUT2D eigenvalue weighted by Gasteiger charge is -2.23. The lowest BCUT2D eigenvalue weighted by atomic mass is 9.82. The van der Waals surface area contributed by atoms with Gasteiger partial charge in [-0.25, -0.2) is 4.98 Å². The molecule has 0 spiro atoms. The van der Waals surface area contributed by atoms with Gasteiger partial charge in [0.2, 0.25) is 5.88 Å². The smallest absolute Gasteiger partial charge is 0.254 e. The summed E-state index contributed by atoms with van der Waals surface area (Å²) < 4.78 is 5.53. The number of nitrogens with one attached hydrogen (secondary N) is 1.